The molecule has 1 saturated carbocycles. The standard InChI is InChI=1S/C18H31N3O3/c1-15(24-14-16-5-6-16)18(23)21-10-4-7-19(11-12-21)13-17(22)20-8-2-3-9-20/h15-16H,2-14H2,1H3. The molecule has 0 aromatic rings. The number of nitrogens with zero attached hydrogens (tertiary/aromatic N) is 3. The van der Waals surface area contributed by atoms with Crippen molar-refractivity contribution in [2.45, 2.75) is 45.1 Å². The monoisotopic (exact) mass is 337 g/mol. The molecule has 1 aliphatic carbocycles. The van der Waals surface area contributed by atoms with Gasteiger partial charge in [0.2, 0.25) is 5.91 Å². The quantitative estimate of drug-likeness (QED) is 0.724. The van der Waals surface area contributed by atoms with Crippen molar-refractivity contribution < 1.29 is 14.3 Å². The van der Waals surface area contributed by atoms with Crippen LogP contribution in [0.4, 0.5) is 0 Å². The minimum absolute atomic E-state index is 0.100. The van der Waals surface area contributed by atoms with Gasteiger partial charge in [0.25, 0.3) is 5.91 Å². The average Bonchev–Trinajstić information content (AvgIpc) is 3.30. The lowest BCUT2D eigenvalue weighted by Crippen LogP contribution is -2.43. The maximum atomic E-state index is 12.5. The molecular weight excluding hydrogens is 306 g/mol. The fraction of sp³-hybridized carbons (Fsp3) is 0.889. The van der Waals surface area contributed by atoms with E-state index in [0.29, 0.717) is 19.0 Å². The molecule has 0 aromatic carbocycles. The first kappa shape index (κ1) is 17.7. The van der Waals surface area contributed by atoms with Crippen LogP contribution >= 0.6 is 0 Å². The molecule has 3 fully saturated rings. The van der Waals surface area contributed by atoms with Gasteiger partial charge in [-0.3, -0.25) is 14.5 Å². The number of amides is 2. The third-order valence-corrected chi connectivity index (χ3v) is 5.34. The van der Waals surface area contributed by atoms with E-state index in [0.717, 1.165) is 58.6 Å². The van der Waals surface area contributed by atoms with Gasteiger partial charge >= 0.3 is 0 Å². The molecule has 2 heterocycles. The third-order valence-electron chi connectivity index (χ3n) is 5.34. The summed E-state index contributed by atoms with van der Waals surface area (Å²) in [5.74, 6) is 1.02. The van der Waals surface area contributed by atoms with E-state index in [2.05, 4.69) is 4.90 Å². The smallest absolute Gasteiger partial charge is 0.251 e. The Bertz CT molecular complexity index is 447. The Morgan fingerprint density at radius 2 is 1.67 bits per heavy atom. The Kier molecular flexibility index (Phi) is 6.11. The molecular formula is C18H31N3O3. The first-order valence-electron chi connectivity index (χ1n) is 9.54. The lowest BCUT2D eigenvalue weighted by atomic mass is 10.3. The van der Waals surface area contributed by atoms with E-state index in [9.17, 15) is 9.59 Å². The van der Waals surface area contributed by atoms with Crippen molar-refractivity contribution in [2.75, 3.05) is 52.4 Å². The molecule has 2 aliphatic heterocycles. The summed E-state index contributed by atoms with van der Waals surface area (Å²) in [5, 5.41) is 0. The van der Waals surface area contributed by atoms with Gasteiger partial charge in [-0.1, -0.05) is 0 Å². The van der Waals surface area contributed by atoms with Crippen LogP contribution in [0.2, 0.25) is 0 Å². The highest BCUT2D eigenvalue weighted by molar-refractivity contribution is 5.80. The molecule has 0 bridgehead atoms. The van der Waals surface area contributed by atoms with Gasteiger partial charge < -0.3 is 14.5 Å². The van der Waals surface area contributed by atoms with E-state index in [-0.39, 0.29) is 17.9 Å². The number of carbonyl (C=O) groups is 2. The summed E-state index contributed by atoms with van der Waals surface area (Å²) < 4.78 is 5.72. The molecule has 0 spiro atoms. The van der Waals surface area contributed by atoms with Crippen molar-refractivity contribution in [2.24, 2.45) is 5.92 Å². The Labute approximate surface area is 145 Å². The number of hydrogen-bond donors (Lipinski definition) is 0. The van der Waals surface area contributed by atoms with E-state index in [4.69, 9.17) is 4.74 Å². The van der Waals surface area contributed by atoms with Crippen LogP contribution in [0.15, 0.2) is 0 Å². The Hall–Kier alpha value is -1.14. The van der Waals surface area contributed by atoms with Crippen LogP contribution < -0.4 is 0 Å². The van der Waals surface area contributed by atoms with Crippen molar-refractivity contribution in [3.05, 3.63) is 0 Å². The maximum absolute atomic E-state index is 12.5. The Morgan fingerprint density at radius 3 is 2.38 bits per heavy atom. The molecule has 2 saturated heterocycles. The molecule has 3 aliphatic rings. The van der Waals surface area contributed by atoms with Gasteiger partial charge in [0, 0.05) is 39.3 Å². The van der Waals surface area contributed by atoms with Gasteiger partial charge in [-0.25, -0.2) is 0 Å². The SMILES string of the molecule is CC(OCC1CC1)C(=O)N1CCCN(CC(=O)N2CCCC2)CC1. The third kappa shape index (κ3) is 4.93. The zero-order valence-electron chi connectivity index (χ0n) is 14.9. The molecule has 2 amide bonds. The van der Waals surface area contributed by atoms with E-state index >= 15 is 0 Å². The normalized spacial score (nSPS) is 24.0. The minimum Gasteiger partial charge on any atom is -0.368 e. The molecule has 1 atom stereocenters. The lowest BCUT2D eigenvalue weighted by Gasteiger charge is -2.25. The van der Waals surface area contributed by atoms with Crippen LogP contribution in [-0.4, -0.2) is 85.0 Å². The van der Waals surface area contributed by atoms with Crippen LogP contribution in [0, 0.1) is 5.92 Å². The highest BCUT2D eigenvalue weighted by Crippen LogP contribution is 2.29. The van der Waals surface area contributed by atoms with Gasteiger partial charge in [-0.15, -0.1) is 0 Å². The second-order valence-electron chi connectivity index (χ2n) is 7.46. The molecule has 136 valence electrons. The summed E-state index contributed by atoms with van der Waals surface area (Å²) in [4.78, 5) is 30.9. The van der Waals surface area contributed by atoms with E-state index in [1.54, 1.807) is 0 Å². The van der Waals surface area contributed by atoms with Crippen LogP contribution in [0.1, 0.15) is 39.0 Å². The van der Waals surface area contributed by atoms with Gasteiger partial charge in [-0.2, -0.15) is 0 Å². The minimum atomic E-state index is -0.344. The summed E-state index contributed by atoms with van der Waals surface area (Å²) in [7, 11) is 0. The molecule has 0 aromatic heterocycles. The first-order valence-corrected chi connectivity index (χ1v) is 9.54. The Morgan fingerprint density at radius 1 is 0.958 bits per heavy atom. The first-order chi connectivity index (χ1) is 11.6. The zero-order chi connectivity index (χ0) is 16.9. The predicted octanol–water partition coefficient (Wildman–Crippen LogP) is 0.958. The van der Waals surface area contributed by atoms with Crippen molar-refractivity contribution in [1.29, 1.82) is 0 Å². The van der Waals surface area contributed by atoms with Gasteiger partial charge in [-0.05, 0) is 44.9 Å². The number of rotatable bonds is 6. The summed E-state index contributed by atoms with van der Waals surface area (Å²) >= 11 is 0. The van der Waals surface area contributed by atoms with E-state index < -0.39 is 0 Å². The van der Waals surface area contributed by atoms with Crippen LogP contribution in [0.25, 0.3) is 0 Å². The molecule has 1 unspecified atom stereocenters. The van der Waals surface area contributed by atoms with Crippen LogP contribution in [-0.2, 0) is 14.3 Å². The van der Waals surface area contributed by atoms with Crippen molar-refractivity contribution in [3.8, 4) is 0 Å². The number of likely N-dealkylation sites (tertiary alicyclic amines) is 1. The summed E-state index contributed by atoms with van der Waals surface area (Å²) in [6, 6.07) is 0. The molecule has 3 rings (SSSR count). The van der Waals surface area contributed by atoms with E-state index in [1.807, 2.05) is 16.7 Å². The molecule has 0 radical (unpaired) electrons. The van der Waals surface area contributed by atoms with Crippen molar-refractivity contribution in [3.63, 3.8) is 0 Å². The molecule has 6 nitrogen and oxygen atoms in total. The second-order valence-corrected chi connectivity index (χ2v) is 7.46. The van der Waals surface area contributed by atoms with E-state index in [1.165, 1.54) is 12.8 Å². The van der Waals surface area contributed by atoms with Crippen LogP contribution in [0.3, 0.4) is 0 Å². The van der Waals surface area contributed by atoms with Gasteiger partial charge in [0.05, 0.1) is 13.2 Å². The highest BCUT2D eigenvalue weighted by Gasteiger charge is 2.28. The van der Waals surface area contributed by atoms with Crippen molar-refractivity contribution >= 4 is 11.8 Å². The van der Waals surface area contributed by atoms with Gasteiger partial charge in [0.15, 0.2) is 0 Å². The fourth-order valence-corrected chi connectivity index (χ4v) is 3.50. The predicted molar refractivity (Wildman–Crippen MR) is 91.6 cm³/mol. The molecule has 6 heteroatoms. The topological polar surface area (TPSA) is 53.1 Å². The number of carbonyl (C=O) groups excluding carboxylic acids is 2. The maximum Gasteiger partial charge on any atom is 0.251 e. The van der Waals surface area contributed by atoms with Gasteiger partial charge in [0.1, 0.15) is 6.10 Å². The second kappa shape index (κ2) is 8.30. The summed E-state index contributed by atoms with van der Waals surface area (Å²) in [6.07, 6.45) is 5.33. The number of ether oxygens (including phenoxy) is 1. The molecule has 24 heavy (non-hydrogen) atoms. The summed E-state index contributed by atoms with van der Waals surface area (Å²) in [6.45, 7) is 8.03. The average molecular weight is 337 g/mol. The van der Waals surface area contributed by atoms with Crippen molar-refractivity contribution in [1.82, 2.24) is 14.7 Å². The summed E-state index contributed by atoms with van der Waals surface area (Å²) in [5.41, 5.74) is 0. The zero-order valence-corrected chi connectivity index (χ0v) is 14.9. The number of hydrogen-bond acceptors (Lipinski definition) is 4. The van der Waals surface area contributed by atoms with Crippen LogP contribution in [0.5, 0.6) is 0 Å². The fourth-order valence-electron chi connectivity index (χ4n) is 3.50. The Balaban J connectivity index is 1.41. The molecule has 0 N–H and O–H groups in total. The highest BCUT2D eigenvalue weighted by atomic mass is 16.5. The largest absolute Gasteiger partial charge is 0.368 e. The lowest BCUT2D eigenvalue weighted by molar-refractivity contribution is -0.142.